The zero-order valence-corrected chi connectivity index (χ0v) is 28.6. The summed E-state index contributed by atoms with van der Waals surface area (Å²) < 4.78 is 2.05. The number of hydrogen-bond donors (Lipinski definition) is 0. The molecule has 11 rings (SSSR count). The quantitative estimate of drug-likeness (QED) is 0.175. The summed E-state index contributed by atoms with van der Waals surface area (Å²) in [6.07, 6.45) is 4.09. The molecule has 0 fully saturated rings. The van der Waals surface area contributed by atoms with Crippen molar-refractivity contribution < 1.29 is 0 Å². The Balaban J connectivity index is 0.999. The monoisotopic (exact) mass is 674 g/mol. The Labute approximate surface area is 305 Å². The lowest BCUT2D eigenvalue weighted by atomic mass is 9.91. The topological polar surface area (TPSA) is 43.1 Å². The van der Waals surface area contributed by atoms with Crippen LogP contribution in [-0.2, 0) is 0 Å². The number of imidazole rings is 1. The molecule has 0 saturated heterocycles. The third-order valence-corrected chi connectivity index (χ3v) is 10.6. The summed E-state index contributed by atoms with van der Waals surface area (Å²) in [5.41, 5.74) is 11.0. The molecule has 53 heavy (non-hydrogen) atoms. The lowest BCUT2D eigenvalue weighted by molar-refractivity contribution is 1.19. The van der Waals surface area contributed by atoms with Gasteiger partial charge in [0.05, 0.1) is 28.1 Å². The van der Waals surface area contributed by atoms with E-state index in [2.05, 4.69) is 158 Å². The molecular formula is C49H30N4. The fourth-order valence-corrected chi connectivity index (χ4v) is 7.95. The van der Waals surface area contributed by atoms with Gasteiger partial charge in [0.25, 0.3) is 0 Å². The summed E-state index contributed by atoms with van der Waals surface area (Å²) in [6, 6.07) is 60.4. The smallest absolute Gasteiger partial charge is 0.137 e. The van der Waals surface area contributed by atoms with E-state index in [0.717, 1.165) is 66.8 Å². The van der Waals surface area contributed by atoms with Crippen LogP contribution in [0.3, 0.4) is 0 Å². The fourth-order valence-electron chi connectivity index (χ4n) is 7.95. The first-order chi connectivity index (χ1) is 26.2. The van der Waals surface area contributed by atoms with Crippen molar-refractivity contribution in [1.82, 2.24) is 19.4 Å². The second kappa shape index (κ2) is 11.7. The van der Waals surface area contributed by atoms with Gasteiger partial charge in [0.1, 0.15) is 5.65 Å². The third-order valence-electron chi connectivity index (χ3n) is 10.6. The summed E-state index contributed by atoms with van der Waals surface area (Å²) >= 11 is 0. The van der Waals surface area contributed by atoms with Gasteiger partial charge in [-0.1, -0.05) is 127 Å². The normalized spacial score (nSPS) is 11.8. The second-order valence-electron chi connectivity index (χ2n) is 13.7. The van der Waals surface area contributed by atoms with Gasteiger partial charge in [0, 0.05) is 39.9 Å². The van der Waals surface area contributed by atoms with Crippen LogP contribution in [0.15, 0.2) is 182 Å². The Morgan fingerprint density at radius 2 is 0.811 bits per heavy atom. The summed E-state index contributed by atoms with van der Waals surface area (Å²) in [5.74, 6) is 0. The second-order valence-corrected chi connectivity index (χ2v) is 13.7. The lowest BCUT2D eigenvalue weighted by Gasteiger charge is -2.13. The molecule has 0 spiro atoms. The predicted molar refractivity (Wildman–Crippen MR) is 220 cm³/mol. The van der Waals surface area contributed by atoms with Crippen molar-refractivity contribution in [3.8, 4) is 44.9 Å². The average molecular weight is 675 g/mol. The molecule has 0 N–H and O–H groups in total. The molecule has 11 aromatic rings. The number of hydrogen-bond acceptors (Lipinski definition) is 3. The first kappa shape index (κ1) is 29.5. The molecule has 0 aliphatic rings. The number of rotatable bonds is 4. The number of aromatic nitrogens is 4. The van der Waals surface area contributed by atoms with Gasteiger partial charge < -0.3 is 4.40 Å². The van der Waals surface area contributed by atoms with Crippen LogP contribution >= 0.6 is 0 Å². The predicted octanol–water partition coefficient (Wildman–Crippen LogP) is 12.6. The van der Waals surface area contributed by atoms with Crippen molar-refractivity contribution >= 4 is 59.8 Å². The maximum atomic E-state index is 5.28. The first-order valence-corrected chi connectivity index (χ1v) is 17.9. The Morgan fingerprint density at radius 3 is 1.43 bits per heavy atom. The van der Waals surface area contributed by atoms with Gasteiger partial charge >= 0.3 is 0 Å². The zero-order valence-electron chi connectivity index (χ0n) is 28.6. The Morgan fingerprint density at radius 1 is 0.321 bits per heavy atom. The van der Waals surface area contributed by atoms with Gasteiger partial charge in [-0.25, -0.2) is 15.0 Å². The first-order valence-electron chi connectivity index (χ1n) is 17.9. The minimum atomic E-state index is 0.893. The molecule has 4 aromatic heterocycles. The van der Waals surface area contributed by atoms with Crippen LogP contribution < -0.4 is 0 Å². The highest BCUT2D eigenvalue weighted by molar-refractivity contribution is 6.25. The largest absolute Gasteiger partial charge is 0.306 e. The van der Waals surface area contributed by atoms with E-state index in [1.807, 2.05) is 28.8 Å². The molecule has 246 valence electrons. The van der Waals surface area contributed by atoms with Gasteiger partial charge in [-0.15, -0.1) is 0 Å². The standard InChI is InChI=1S/C49H30N4/c1-2-15-40-38(13-1)39-14-3-4-16-41(39)43-29-34(20-23-42(40)43)33-9-7-10-35(27-33)44-24-21-31-18-19-32-22-25-45(52-49(32)48(31)51-44)36-11-8-12-37(28-36)46-30-53-26-6-5-17-47(53)50-46/h1-30H. The molecule has 0 amide bonds. The molecule has 4 heteroatoms. The summed E-state index contributed by atoms with van der Waals surface area (Å²) in [5, 5.41) is 9.80. The van der Waals surface area contributed by atoms with Gasteiger partial charge in [0.15, 0.2) is 0 Å². The lowest BCUT2D eigenvalue weighted by Crippen LogP contribution is -1.91. The average Bonchev–Trinajstić information content (AvgIpc) is 3.68. The van der Waals surface area contributed by atoms with E-state index in [1.165, 1.54) is 37.9 Å². The molecule has 0 saturated carbocycles. The van der Waals surface area contributed by atoms with Crippen molar-refractivity contribution in [3.05, 3.63) is 182 Å². The molecule has 0 unspecified atom stereocenters. The van der Waals surface area contributed by atoms with Crippen molar-refractivity contribution in [3.63, 3.8) is 0 Å². The van der Waals surface area contributed by atoms with Gasteiger partial charge in [-0.2, -0.15) is 0 Å². The molecule has 0 bridgehead atoms. The maximum absolute atomic E-state index is 5.28. The van der Waals surface area contributed by atoms with E-state index >= 15 is 0 Å². The molecule has 0 aliphatic carbocycles. The van der Waals surface area contributed by atoms with Crippen LogP contribution in [0.4, 0.5) is 0 Å². The number of benzene rings is 7. The van der Waals surface area contributed by atoms with E-state index in [4.69, 9.17) is 15.0 Å². The van der Waals surface area contributed by atoms with E-state index < -0.39 is 0 Å². The van der Waals surface area contributed by atoms with Crippen molar-refractivity contribution in [2.75, 3.05) is 0 Å². The van der Waals surface area contributed by atoms with Crippen molar-refractivity contribution in [2.45, 2.75) is 0 Å². The third kappa shape index (κ3) is 4.88. The van der Waals surface area contributed by atoms with Crippen LogP contribution in [0.1, 0.15) is 0 Å². The Hall–Kier alpha value is -7.17. The van der Waals surface area contributed by atoms with Crippen molar-refractivity contribution in [1.29, 1.82) is 0 Å². The number of pyridine rings is 3. The summed E-state index contributed by atoms with van der Waals surface area (Å²) in [4.78, 5) is 15.4. The van der Waals surface area contributed by atoms with Crippen LogP contribution in [0.5, 0.6) is 0 Å². The van der Waals surface area contributed by atoms with E-state index in [9.17, 15) is 0 Å². The van der Waals surface area contributed by atoms with Gasteiger partial charge in [0.2, 0.25) is 0 Å². The molecule has 0 atom stereocenters. The molecule has 4 heterocycles. The Kier molecular flexibility index (Phi) is 6.52. The van der Waals surface area contributed by atoms with Crippen LogP contribution in [0, 0.1) is 0 Å². The maximum Gasteiger partial charge on any atom is 0.137 e. The SMILES string of the molecule is c1cc(-c2ccc3c4ccccc4c4ccccc4c3c2)cc(-c2ccc3ccc4ccc(-c5cccc(-c6cn7ccccc7n6)c5)nc4c3n2)c1. The minimum Gasteiger partial charge on any atom is -0.306 e. The minimum absolute atomic E-state index is 0.893. The highest BCUT2D eigenvalue weighted by atomic mass is 15.0. The summed E-state index contributed by atoms with van der Waals surface area (Å²) in [7, 11) is 0. The molecule has 0 radical (unpaired) electrons. The molecule has 4 nitrogen and oxygen atoms in total. The van der Waals surface area contributed by atoms with Crippen molar-refractivity contribution in [2.24, 2.45) is 0 Å². The molecule has 0 aliphatic heterocycles. The van der Waals surface area contributed by atoms with E-state index in [1.54, 1.807) is 0 Å². The fraction of sp³-hybridized carbons (Fsp3) is 0. The zero-order chi connectivity index (χ0) is 34.9. The van der Waals surface area contributed by atoms with E-state index in [0.29, 0.717) is 0 Å². The highest BCUT2D eigenvalue weighted by Crippen LogP contribution is 2.38. The molecule has 7 aromatic carbocycles. The van der Waals surface area contributed by atoms with E-state index in [-0.39, 0.29) is 0 Å². The number of fused-ring (bicyclic) bond motifs is 10. The Bertz CT molecular complexity index is 3180. The van der Waals surface area contributed by atoms with Gasteiger partial charge in [-0.05, 0) is 85.9 Å². The van der Waals surface area contributed by atoms with Crippen LogP contribution in [0.2, 0.25) is 0 Å². The van der Waals surface area contributed by atoms with Crippen LogP contribution in [0.25, 0.3) is 105 Å². The molecular weight excluding hydrogens is 645 g/mol. The van der Waals surface area contributed by atoms with Crippen LogP contribution in [-0.4, -0.2) is 19.4 Å². The highest BCUT2D eigenvalue weighted by Gasteiger charge is 2.13. The summed E-state index contributed by atoms with van der Waals surface area (Å²) in [6.45, 7) is 0. The van der Waals surface area contributed by atoms with Gasteiger partial charge in [-0.3, -0.25) is 0 Å². The number of nitrogens with zero attached hydrogens (tertiary/aromatic N) is 4.